The van der Waals surface area contributed by atoms with Crippen molar-refractivity contribution in [1.82, 2.24) is 0 Å². The quantitative estimate of drug-likeness (QED) is 0.607. The van der Waals surface area contributed by atoms with Crippen LogP contribution in [0.4, 0.5) is 18.9 Å². The minimum atomic E-state index is -4.53. The smallest absolute Gasteiger partial charge is 0.416 e. The zero-order valence-corrected chi connectivity index (χ0v) is 16.5. The number of hydrogen-bond donors (Lipinski definition) is 1. The van der Waals surface area contributed by atoms with Gasteiger partial charge in [-0.2, -0.15) is 13.2 Å². The predicted octanol–water partition coefficient (Wildman–Crippen LogP) is 6.14. The lowest BCUT2D eigenvalue weighted by molar-refractivity contribution is -0.137. The largest absolute Gasteiger partial charge is 0.480 e. The number of carbonyl (C=O) groups excluding carboxylic acids is 1. The second kappa shape index (κ2) is 7.88. The van der Waals surface area contributed by atoms with Crippen LogP contribution in [0.3, 0.4) is 0 Å². The van der Waals surface area contributed by atoms with E-state index in [1.54, 1.807) is 0 Å². The van der Waals surface area contributed by atoms with Gasteiger partial charge in [0.2, 0.25) is 0 Å². The molecule has 0 aliphatic heterocycles. The predicted molar refractivity (Wildman–Crippen MR) is 98.8 cm³/mol. The fourth-order valence-electron chi connectivity index (χ4n) is 2.35. The Hall–Kier alpha value is -1.73. The molecule has 0 aliphatic rings. The molecule has 0 bridgehead atoms. The van der Waals surface area contributed by atoms with Crippen LogP contribution in [-0.4, -0.2) is 12.0 Å². The molecule has 0 heterocycles. The third kappa shape index (κ3) is 4.92. The summed E-state index contributed by atoms with van der Waals surface area (Å²) in [7, 11) is 0. The van der Waals surface area contributed by atoms with Crippen molar-refractivity contribution >= 4 is 39.1 Å². The third-order valence-corrected chi connectivity index (χ3v) is 4.43. The normalized spacial score (nSPS) is 12.6. The van der Waals surface area contributed by atoms with Crippen molar-refractivity contribution in [2.75, 3.05) is 5.32 Å². The van der Waals surface area contributed by atoms with Gasteiger partial charge in [-0.25, -0.2) is 0 Å². The number of nitrogens with one attached hydrogen (secondary N) is 1. The molecule has 8 heteroatoms. The number of halogens is 5. The van der Waals surface area contributed by atoms with Gasteiger partial charge in [-0.15, -0.1) is 0 Å². The Morgan fingerprint density at radius 3 is 2.31 bits per heavy atom. The second-order valence-corrected chi connectivity index (χ2v) is 7.13. The number of carbonyl (C=O) groups is 1. The van der Waals surface area contributed by atoms with Crippen molar-refractivity contribution in [3.8, 4) is 5.75 Å². The SMILES string of the molecule is Cc1cc(Br)cc(C)c1OC(C)C(=O)Nc1cc(C(F)(F)F)ccc1Cl. The van der Waals surface area contributed by atoms with E-state index >= 15 is 0 Å². The molecule has 1 amide bonds. The van der Waals surface area contributed by atoms with Crippen molar-refractivity contribution < 1.29 is 22.7 Å². The lowest BCUT2D eigenvalue weighted by atomic mass is 10.1. The molecule has 26 heavy (non-hydrogen) atoms. The first-order valence-electron chi connectivity index (χ1n) is 7.60. The molecule has 0 aliphatic carbocycles. The van der Waals surface area contributed by atoms with E-state index in [1.807, 2.05) is 26.0 Å². The Labute approximate surface area is 162 Å². The van der Waals surface area contributed by atoms with Gasteiger partial charge >= 0.3 is 6.18 Å². The molecule has 140 valence electrons. The molecule has 0 spiro atoms. The summed E-state index contributed by atoms with van der Waals surface area (Å²) in [6, 6.07) is 6.43. The number of aryl methyl sites for hydroxylation is 2. The van der Waals surface area contributed by atoms with E-state index in [0.717, 1.165) is 33.8 Å². The van der Waals surface area contributed by atoms with Crippen LogP contribution < -0.4 is 10.1 Å². The molecular formula is C18H16BrClF3NO2. The van der Waals surface area contributed by atoms with E-state index in [2.05, 4.69) is 21.2 Å². The number of rotatable bonds is 4. The number of anilines is 1. The second-order valence-electron chi connectivity index (χ2n) is 5.81. The highest BCUT2D eigenvalue weighted by molar-refractivity contribution is 9.10. The lowest BCUT2D eigenvalue weighted by Gasteiger charge is -2.19. The van der Waals surface area contributed by atoms with Crippen LogP contribution in [0.15, 0.2) is 34.8 Å². The van der Waals surface area contributed by atoms with Gasteiger partial charge in [0, 0.05) is 4.47 Å². The number of hydrogen-bond acceptors (Lipinski definition) is 2. The summed E-state index contributed by atoms with van der Waals surface area (Å²) in [4.78, 5) is 12.3. The molecule has 2 aromatic carbocycles. The average Bonchev–Trinajstić information content (AvgIpc) is 2.51. The van der Waals surface area contributed by atoms with Crippen molar-refractivity contribution in [2.45, 2.75) is 33.1 Å². The van der Waals surface area contributed by atoms with Crippen molar-refractivity contribution in [3.05, 3.63) is 56.5 Å². The highest BCUT2D eigenvalue weighted by Gasteiger charge is 2.31. The minimum Gasteiger partial charge on any atom is -0.480 e. The fraction of sp³-hybridized carbons (Fsp3) is 0.278. The topological polar surface area (TPSA) is 38.3 Å². The third-order valence-electron chi connectivity index (χ3n) is 3.64. The molecule has 0 saturated heterocycles. The fourth-order valence-corrected chi connectivity index (χ4v) is 3.20. The maximum atomic E-state index is 12.8. The zero-order chi connectivity index (χ0) is 19.6. The molecule has 0 aromatic heterocycles. The van der Waals surface area contributed by atoms with E-state index in [0.29, 0.717) is 5.75 Å². The number of alkyl halides is 3. The van der Waals surface area contributed by atoms with E-state index < -0.39 is 23.8 Å². The zero-order valence-electron chi connectivity index (χ0n) is 14.2. The number of amides is 1. The summed E-state index contributed by atoms with van der Waals surface area (Å²) in [6.45, 7) is 5.18. The van der Waals surface area contributed by atoms with Crippen LogP contribution >= 0.6 is 27.5 Å². The number of benzene rings is 2. The van der Waals surface area contributed by atoms with Crippen LogP contribution in [0, 0.1) is 13.8 Å². The van der Waals surface area contributed by atoms with Crippen molar-refractivity contribution in [3.63, 3.8) is 0 Å². The van der Waals surface area contributed by atoms with Gasteiger partial charge in [-0.3, -0.25) is 4.79 Å². The molecule has 1 atom stereocenters. The Balaban J connectivity index is 2.18. The van der Waals surface area contributed by atoms with E-state index in [9.17, 15) is 18.0 Å². The summed E-state index contributed by atoms with van der Waals surface area (Å²) in [5, 5.41) is 2.40. The molecule has 2 rings (SSSR count). The van der Waals surface area contributed by atoms with Crippen molar-refractivity contribution in [1.29, 1.82) is 0 Å². The number of ether oxygens (including phenoxy) is 1. The molecule has 3 nitrogen and oxygen atoms in total. The monoisotopic (exact) mass is 449 g/mol. The Kier molecular flexibility index (Phi) is 6.24. The van der Waals surface area contributed by atoms with Crippen LogP contribution in [0.2, 0.25) is 5.02 Å². The standard InChI is InChI=1S/C18H16BrClF3NO2/c1-9-6-13(19)7-10(2)16(9)26-11(3)17(25)24-15-8-12(18(21,22)23)4-5-14(15)20/h4-8,11H,1-3H3,(H,24,25). The van der Waals surface area contributed by atoms with Gasteiger partial charge in [0.1, 0.15) is 5.75 Å². The first kappa shape index (κ1) is 20.6. The maximum Gasteiger partial charge on any atom is 0.416 e. The van der Waals surface area contributed by atoms with E-state index in [-0.39, 0.29) is 10.7 Å². The average molecular weight is 451 g/mol. The molecule has 0 fully saturated rings. The van der Waals surface area contributed by atoms with Crippen LogP contribution in [0.25, 0.3) is 0 Å². The van der Waals surface area contributed by atoms with Crippen molar-refractivity contribution in [2.24, 2.45) is 0 Å². The Bertz CT molecular complexity index is 817. The van der Waals surface area contributed by atoms with Gasteiger partial charge in [-0.1, -0.05) is 27.5 Å². The molecule has 2 aromatic rings. The molecule has 0 saturated carbocycles. The highest BCUT2D eigenvalue weighted by atomic mass is 79.9. The molecule has 0 radical (unpaired) electrons. The van der Waals surface area contributed by atoms with Gasteiger partial charge < -0.3 is 10.1 Å². The Morgan fingerprint density at radius 1 is 1.19 bits per heavy atom. The van der Waals surface area contributed by atoms with Gasteiger partial charge in [0.05, 0.1) is 16.3 Å². The summed E-state index contributed by atoms with van der Waals surface area (Å²) < 4.78 is 45.0. The first-order chi connectivity index (χ1) is 12.0. The van der Waals surface area contributed by atoms with E-state index in [1.165, 1.54) is 6.92 Å². The summed E-state index contributed by atoms with van der Waals surface area (Å²) in [5.74, 6) is -0.0565. The van der Waals surface area contributed by atoms with Gasteiger partial charge in [-0.05, 0) is 62.2 Å². The molecule has 1 unspecified atom stereocenters. The van der Waals surface area contributed by atoms with Crippen LogP contribution in [-0.2, 0) is 11.0 Å². The first-order valence-corrected chi connectivity index (χ1v) is 8.77. The summed E-state index contributed by atoms with van der Waals surface area (Å²) in [5.41, 5.74) is 0.638. The van der Waals surface area contributed by atoms with Gasteiger partial charge in [0.15, 0.2) is 6.10 Å². The minimum absolute atomic E-state index is 0.00885. The summed E-state index contributed by atoms with van der Waals surface area (Å²) >= 11 is 9.27. The molecular weight excluding hydrogens is 435 g/mol. The molecule has 1 N–H and O–H groups in total. The highest BCUT2D eigenvalue weighted by Crippen LogP contribution is 2.34. The van der Waals surface area contributed by atoms with E-state index in [4.69, 9.17) is 16.3 Å². The van der Waals surface area contributed by atoms with Crippen LogP contribution in [0.5, 0.6) is 5.75 Å². The van der Waals surface area contributed by atoms with Gasteiger partial charge in [0.25, 0.3) is 5.91 Å². The lowest BCUT2D eigenvalue weighted by Crippen LogP contribution is -2.30. The Morgan fingerprint density at radius 2 is 1.77 bits per heavy atom. The maximum absolute atomic E-state index is 12.8. The van der Waals surface area contributed by atoms with Crippen LogP contribution in [0.1, 0.15) is 23.6 Å². The summed E-state index contributed by atoms with van der Waals surface area (Å²) in [6.07, 6.45) is -5.46.